The topological polar surface area (TPSA) is 50.3 Å². The van der Waals surface area contributed by atoms with Crippen LogP contribution in [0.25, 0.3) is 0 Å². The van der Waals surface area contributed by atoms with Crippen LogP contribution >= 0.6 is 0 Å². The molecule has 0 atom stereocenters. The van der Waals surface area contributed by atoms with Crippen LogP contribution in [0.4, 0.5) is 5.82 Å². The van der Waals surface area contributed by atoms with Gasteiger partial charge in [-0.3, -0.25) is 0 Å². The molecule has 1 heterocycles. The average Bonchev–Trinajstić information content (AvgIpc) is 3.16. The van der Waals surface area contributed by atoms with Crippen molar-refractivity contribution >= 4 is 5.82 Å². The summed E-state index contributed by atoms with van der Waals surface area (Å²) in [6, 6.07) is 0.635. The van der Waals surface area contributed by atoms with Gasteiger partial charge in [-0.15, -0.1) is 0 Å². The summed E-state index contributed by atoms with van der Waals surface area (Å²) in [5.41, 5.74) is 1.15. The van der Waals surface area contributed by atoms with Crippen molar-refractivity contribution in [3.05, 3.63) is 18.1 Å². The minimum absolute atomic E-state index is 0.635. The van der Waals surface area contributed by atoms with Crippen LogP contribution in [0, 0.1) is 0 Å². The normalized spacial score (nSPS) is 14.9. The van der Waals surface area contributed by atoms with Crippen molar-refractivity contribution in [2.75, 3.05) is 32.2 Å². The van der Waals surface area contributed by atoms with E-state index in [1.54, 1.807) is 13.4 Å². The highest BCUT2D eigenvalue weighted by atomic mass is 16.5. The molecule has 1 fully saturated rings. The second-order valence-electron chi connectivity index (χ2n) is 4.32. The van der Waals surface area contributed by atoms with E-state index in [-0.39, 0.29) is 0 Å². The van der Waals surface area contributed by atoms with Crippen LogP contribution in [0.15, 0.2) is 12.5 Å². The molecule has 0 spiro atoms. The van der Waals surface area contributed by atoms with E-state index in [0.29, 0.717) is 6.04 Å². The van der Waals surface area contributed by atoms with E-state index in [9.17, 15) is 0 Å². The second-order valence-corrected chi connectivity index (χ2v) is 4.32. The van der Waals surface area contributed by atoms with Gasteiger partial charge in [-0.25, -0.2) is 9.97 Å². The quantitative estimate of drug-likeness (QED) is 0.759. The molecule has 94 valence electrons. The van der Waals surface area contributed by atoms with Crippen LogP contribution in [0.5, 0.6) is 0 Å². The monoisotopic (exact) mass is 236 g/mol. The standard InChI is InChI=1S/C12H20N4O/c1-13-7-10-8-14-9-15-12(10)16(5-6-17-2)11-3-4-11/h8-9,11,13H,3-7H2,1-2H3. The molecule has 2 rings (SSSR count). The van der Waals surface area contributed by atoms with Gasteiger partial charge in [-0.05, 0) is 19.9 Å². The fraction of sp³-hybridized carbons (Fsp3) is 0.667. The van der Waals surface area contributed by atoms with Gasteiger partial charge in [0.25, 0.3) is 0 Å². The van der Waals surface area contributed by atoms with Crippen molar-refractivity contribution in [1.82, 2.24) is 15.3 Å². The molecular formula is C12H20N4O. The Morgan fingerprint density at radius 2 is 2.35 bits per heavy atom. The molecule has 1 aromatic heterocycles. The SMILES string of the molecule is CNCc1cncnc1N(CCOC)C1CC1. The molecular weight excluding hydrogens is 216 g/mol. The summed E-state index contributed by atoms with van der Waals surface area (Å²) in [7, 11) is 3.67. The van der Waals surface area contributed by atoms with Gasteiger partial charge in [0.1, 0.15) is 12.1 Å². The second kappa shape index (κ2) is 5.93. The highest BCUT2D eigenvalue weighted by molar-refractivity contribution is 5.47. The number of hydrogen-bond acceptors (Lipinski definition) is 5. The lowest BCUT2D eigenvalue weighted by molar-refractivity contribution is 0.204. The van der Waals surface area contributed by atoms with Gasteiger partial charge in [-0.2, -0.15) is 0 Å². The molecule has 0 amide bonds. The summed E-state index contributed by atoms with van der Waals surface area (Å²) < 4.78 is 5.17. The van der Waals surface area contributed by atoms with Gasteiger partial charge in [0.15, 0.2) is 0 Å². The van der Waals surface area contributed by atoms with Gasteiger partial charge >= 0.3 is 0 Å². The third-order valence-electron chi connectivity index (χ3n) is 2.93. The van der Waals surface area contributed by atoms with Gasteiger partial charge < -0.3 is 15.0 Å². The molecule has 0 aromatic carbocycles. The Morgan fingerprint density at radius 3 is 3.00 bits per heavy atom. The zero-order chi connectivity index (χ0) is 12.1. The molecule has 1 saturated carbocycles. The van der Waals surface area contributed by atoms with E-state index in [2.05, 4.69) is 20.2 Å². The van der Waals surface area contributed by atoms with E-state index >= 15 is 0 Å². The van der Waals surface area contributed by atoms with Crippen LogP contribution < -0.4 is 10.2 Å². The molecule has 0 radical (unpaired) electrons. The van der Waals surface area contributed by atoms with E-state index in [4.69, 9.17) is 4.74 Å². The van der Waals surface area contributed by atoms with Gasteiger partial charge in [0, 0.05) is 38.0 Å². The first kappa shape index (κ1) is 12.3. The van der Waals surface area contributed by atoms with E-state index in [1.807, 2.05) is 13.2 Å². The van der Waals surface area contributed by atoms with Crippen molar-refractivity contribution in [2.24, 2.45) is 0 Å². The summed E-state index contributed by atoms with van der Waals surface area (Å²) >= 11 is 0. The Kier molecular flexibility index (Phi) is 4.28. The van der Waals surface area contributed by atoms with Gasteiger partial charge in [0.05, 0.1) is 6.61 Å². The molecule has 5 nitrogen and oxygen atoms in total. The molecule has 1 aromatic rings. The molecule has 5 heteroatoms. The highest BCUT2D eigenvalue weighted by Gasteiger charge is 2.30. The van der Waals surface area contributed by atoms with E-state index < -0.39 is 0 Å². The molecule has 1 N–H and O–H groups in total. The Labute approximate surface area is 102 Å². The molecule has 1 aliphatic rings. The maximum Gasteiger partial charge on any atom is 0.136 e. The smallest absolute Gasteiger partial charge is 0.136 e. The minimum atomic E-state index is 0.635. The highest BCUT2D eigenvalue weighted by Crippen LogP contribution is 2.31. The molecule has 17 heavy (non-hydrogen) atoms. The summed E-state index contributed by atoms with van der Waals surface area (Å²) in [6.45, 7) is 2.43. The number of nitrogens with zero attached hydrogens (tertiary/aromatic N) is 3. The van der Waals surface area contributed by atoms with Crippen LogP contribution in [-0.2, 0) is 11.3 Å². The zero-order valence-electron chi connectivity index (χ0n) is 10.5. The fourth-order valence-corrected chi connectivity index (χ4v) is 1.96. The summed E-state index contributed by atoms with van der Waals surface area (Å²) in [4.78, 5) is 10.9. The first-order valence-electron chi connectivity index (χ1n) is 6.06. The first-order valence-corrected chi connectivity index (χ1v) is 6.06. The Bertz CT molecular complexity index is 354. The first-order chi connectivity index (χ1) is 8.36. The predicted molar refractivity (Wildman–Crippen MR) is 67.0 cm³/mol. The zero-order valence-corrected chi connectivity index (χ0v) is 10.5. The third-order valence-corrected chi connectivity index (χ3v) is 2.93. The Morgan fingerprint density at radius 1 is 1.53 bits per heavy atom. The molecule has 0 saturated heterocycles. The number of rotatable bonds is 7. The maximum atomic E-state index is 5.17. The molecule has 0 aliphatic heterocycles. The molecule has 0 unspecified atom stereocenters. The Balaban J connectivity index is 2.15. The fourth-order valence-electron chi connectivity index (χ4n) is 1.96. The molecule has 0 bridgehead atoms. The van der Waals surface area contributed by atoms with Gasteiger partial charge in [-0.1, -0.05) is 0 Å². The number of methoxy groups -OCH3 is 1. The summed E-state index contributed by atoms with van der Waals surface area (Å²) in [5.74, 6) is 1.05. The summed E-state index contributed by atoms with van der Waals surface area (Å²) in [5, 5.41) is 3.16. The average molecular weight is 236 g/mol. The number of hydrogen-bond donors (Lipinski definition) is 1. The Hall–Kier alpha value is -1.20. The van der Waals surface area contributed by atoms with Crippen LogP contribution in [0.3, 0.4) is 0 Å². The van der Waals surface area contributed by atoms with Crippen LogP contribution in [0.1, 0.15) is 18.4 Å². The van der Waals surface area contributed by atoms with E-state index in [0.717, 1.165) is 31.1 Å². The number of anilines is 1. The van der Waals surface area contributed by atoms with Crippen molar-refractivity contribution in [3.63, 3.8) is 0 Å². The van der Waals surface area contributed by atoms with Crippen molar-refractivity contribution in [3.8, 4) is 0 Å². The van der Waals surface area contributed by atoms with Crippen LogP contribution in [0.2, 0.25) is 0 Å². The van der Waals surface area contributed by atoms with Crippen LogP contribution in [-0.4, -0.2) is 43.3 Å². The number of ether oxygens (including phenoxy) is 1. The largest absolute Gasteiger partial charge is 0.383 e. The summed E-state index contributed by atoms with van der Waals surface area (Å²) in [6.07, 6.45) is 6.02. The lowest BCUT2D eigenvalue weighted by Crippen LogP contribution is -2.31. The lowest BCUT2D eigenvalue weighted by Gasteiger charge is -2.25. The predicted octanol–water partition coefficient (Wildman–Crippen LogP) is 0.811. The number of nitrogens with one attached hydrogen (secondary N) is 1. The third kappa shape index (κ3) is 3.14. The van der Waals surface area contributed by atoms with Gasteiger partial charge in [0.2, 0.25) is 0 Å². The number of aromatic nitrogens is 2. The minimum Gasteiger partial charge on any atom is -0.383 e. The van der Waals surface area contributed by atoms with Crippen molar-refractivity contribution < 1.29 is 4.74 Å². The van der Waals surface area contributed by atoms with E-state index in [1.165, 1.54) is 12.8 Å². The molecule has 1 aliphatic carbocycles. The van der Waals surface area contributed by atoms with Crippen molar-refractivity contribution in [1.29, 1.82) is 0 Å². The van der Waals surface area contributed by atoms with Crippen molar-refractivity contribution in [2.45, 2.75) is 25.4 Å². The maximum absolute atomic E-state index is 5.17. The lowest BCUT2D eigenvalue weighted by atomic mass is 10.2.